The zero-order valence-electron chi connectivity index (χ0n) is 6.55. The molecular formula is C5H13IN4S. The number of amidine groups is 1. The lowest BCUT2D eigenvalue weighted by molar-refractivity contribution is 0.982. The van der Waals surface area contributed by atoms with E-state index >= 15 is 0 Å². The third kappa shape index (κ3) is 7.92. The smallest absolute Gasteiger partial charge is 0.214 e. The molecule has 11 heavy (non-hydrogen) atoms. The molecule has 66 valence electrons. The second-order valence-corrected chi connectivity index (χ2v) is 2.33. The predicted molar refractivity (Wildman–Crippen MR) is 62.0 cm³/mol. The Labute approximate surface area is 87.9 Å². The highest BCUT2D eigenvalue weighted by atomic mass is 127. The Morgan fingerprint density at radius 1 is 1.73 bits per heavy atom. The van der Waals surface area contributed by atoms with Gasteiger partial charge in [-0.2, -0.15) is 4.99 Å². The van der Waals surface area contributed by atoms with Crippen molar-refractivity contribution < 1.29 is 0 Å². The second kappa shape index (κ2) is 8.12. The molecule has 0 unspecified atom stereocenters. The van der Waals surface area contributed by atoms with Crippen molar-refractivity contribution in [3.63, 3.8) is 0 Å². The summed E-state index contributed by atoms with van der Waals surface area (Å²) in [4.78, 5) is 3.71. The number of hydrogen-bond donors (Lipinski definition) is 3. The van der Waals surface area contributed by atoms with Crippen molar-refractivity contribution in [3.05, 3.63) is 0 Å². The first-order valence-corrected chi connectivity index (χ1v) is 4.13. The van der Waals surface area contributed by atoms with E-state index in [4.69, 9.17) is 11.1 Å². The molecule has 0 amide bonds. The zero-order valence-corrected chi connectivity index (χ0v) is 9.70. The molecule has 0 rings (SSSR count). The Morgan fingerprint density at radius 2 is 2.27 bits per heavy atom. The number of guanidine groups is 1. The van der Waals surface area contributed by atoms with Crippen molar-refractivity contribution in [2.45, 2.75) is 6.92 Å². The third-order valence-electron chi connectivity index (χ3n) is 0.743. The number of nitrogens with two attached hydrogens (primary N) is 1. The molecule has 0 saturated heterocycles. The summed E-state index contributed by atoms with van der Waals surface area (Å²) >= 11 is 1.44. The van der Waals surface area contributed by atoms with Crippen LogP contribution in [-0.2, 0) is 0 Å². The van der Waals surface area contributed by atoms with Gasteiger partial charge in [-0.3, -0.25) is 5.41 Å². The normalized spacial score (nSPS) is 10.2. The summed E-state index contributed by atoms with van der Waals surface area (Å²) in [5.74, 6) is -0.162. The van der Waals surface area contributed by atoms with Crippen LogP contribution in [0, 0.1) is 5.41 Å². The lowest BCUT2D eigenvalue weighted by atomic mass is 10.8. The van der Waals surface area contributed by atoms with Crippen molar-refractivity contribution in [1.82, 2.24) is 5.32 Å². The minimum absolute atomic E-state index is 0. The molecule has 0 spiro atoms. The molecule has 0 saturated carbocycles. The fourth-order valence-electron chi connectivity index (χ4n) is 0.418. The fourth-order valence-corrected chi connectivity index (χ4v) is 0.896. The standard InChI is InChI=1S/C5H12N4S.HI/c1-3-8-5(10-2)9-4(6)7;/h3H2,1-2H3,(H4,6,7,8,9);1H. The van der Waals surface area contributed by atoms with Gasteiger partial charge in [0.25, 0.3) is 0 Å². The number of hydrogen-bond acceptors (Lipinski definition) is 2. The van der Waals surface area contributed by atoms with Crippen LogP contribution in [-0.4, -0.2) is 23.9 Å². The summed E-state index contributed by atoms with van der Waals surface area (Å²) in [6, 6.07) is 0. The summed E-state index contributed by atoms with van der Waals surface area (Å²) < 4.78 is 0. The van der Waals surface area contributed by atoms with Crippen LogP contribution < -0.4 is 11.1 Å². The minimum atomic E-state index is -0.162. The summed E-state index contributed by atoms with van der Waals surface area (Å²) in [6.45, 7) is 2.76. The Hall–Kier alpha value is 0.0200. The lowest BCUT2D eigenvalue weighted by Gasteiger charge is -2.01. The summed E-state index contributed by atoms with van der Waals surface area (Å²) in [5, 5.41) is 10.5. The molecule has 4 nitrogen and oxygen atoms in total. The van der Waals surface area contributed by atoms with Gasteiger partial charge in [0.2, 0.25) is 5.96 Å². The highest BCUT2D eigenvalue weighted by Crippen LogP contribution is 1.93. The molecule has 4 N–H and O–H groups in total. The molecule has 0 aromatic heterocycles. The number of thioether (sulfide) groups is 1. The van der Waals surface area contributed by atoms with E-state index in [9.17, 15) is 0 Å². The molecule has 0 bridgehead atoms. The Kier molecular flexibility index (Phi) is 10.0. The summed E-state index contributed by atoms with van der Waals surface area (Å²) in [5.41, 5.74) is 5.04. The summed E-state index contributed by atoms with van der Waals surface area (Å²) in [7, 11) is 0. The Bertz CT molecular complexity index is 147. The first-order valence-electron chi connectivity index (χ1n) is 2.91. The molecule has 0 atom stereocenters. The Balaban J connectivity index is 0. The zero-order chi connectivity index (χ0) is 7.98. The van der Waals surface area contributed by atoms with Gasteiger partial charge < -0.3 is 11.1 Å². The second-order valence-electron chi connectivity index (χ2n) is 1.54. The van der Waals surface area contributed by atoms with Crippen molar-refractivity contribution in [3.8, 4) is 0 Å². The van der Waals surface area contributed by atoms with E-state index in [0.717, 1.165) is 6.54 Å². The van der Waals surface area contributed by atoms with E-state index in [-0.39, 0.29) is 29.9 Å². The van der Waals surface area contributed by atoms with Gasteiger partial charge in [0.05, 0.1) is 0 Å². The largest absolute Gasteiger partial charge is 0.368 e. The van der Waals surface area contributed by atoms with Crippen LogP contribution in [0.3, 0.4) is 0 Å². The van der Waals surface area contributed by atoms with Crippen molar-refractivity contribution in [1.29, 1.82) is 5.41 Å². The number of nitrogens with one attached hydrogen (secondary N) is 2. The Morgan fingerprint density at radius 3 is 2.55 bits per heavy atom. The van der Waals surface area contributed by atoms with Crippen LogP contribution in [0.5, 0.6) is 0 Å². The topological polar surface area (TPSA) is 74.3 Å². The van der Waals surface area contributed by atoms with Gasteiger partial charge in [0.1, 0.15) is 0 Å². The average molecular weight is 288 g/mol. The first kappa shape index (κ1) is 13.6. The molecule has 6 heteroatoms. The van der Waals surface area contributed by atoms with Crippen LogP contribution in [0.2, 0.25) is 0 Å². The maximum Gasteiger partial charge on any atom is 0.214 e. The summed E-state index contributed by atoms with van der Waals surface area (Å²) in [6.07, 6.45) is 1.88. The van der Waals surface area contributed by atoms with E-state index in [0.29, 0.717) is 5.17 Å². The van der Waals surface area contributed by atoms with Crippen molar-refractivity contribution in [2.75, 3.05) is 12.8 Å². The molecule has 0 aliphatic rings. The van der Waals surface area contributed by atoms with E-state index in [1.807, 2.05) is 13.2 Å². The van der Waals surface area contributed by atoms with E-state index in [1.54, 1.807) is 0 Å². The molecule has 0 aliphatic carbocycles. The lowest BCUT2D eigenvalue weighted by Crippen LogP contribution is -2.22. The molecule has 0 aromatic carbocycles. The maximum absolute atomic E-state index is 6.84. The molecule has 0 heterocycles. The van der Waals surface area contributed by atoms with Crippen LogP contribution in [0.15, 0.2) is 4.99 Å². The van der Waals surface area contributed by atoms with E-state index in [1.165, 1.54) is 11.8 Å². The van der Waals surface area contributed by atoms with Gasteiger partial charge in [0, 0.05) is 6.54 Å². The molecule has 0 aliphatic heterocycles. The van der Waals surface area contributed by atoms with E-state index < -0.39 is 0 Å². The highest BCUT2D eigenvalue weighted by molar-refractivity contribution is 14.0. The number of aliphatic imine (C=N–C) groups is 1. The van der Waals surface area contributed by atoms with Gasteiger partial charge >= 0.3 is 0 Å². The third-order valence-corrected chi connectivity index (χ3v) is 1.37. The highest BCUT2D eigenvalue weighted by Gasteiger charge is 1.92. The van der Waals surface area contributed by atoms with Crippen molar-refractivity contribution >= 4 is 46.9 Å². The fraction of sp³-hybridized carbons (Fsp3) is 0.600. The number of nitrogens with zero attached hydrogens (tertiary/aromatic N) is 1. The quantitative estimate of drug-likeness (QED) is 0.380. The van der Waals surface area contributed by atoms with Crippen LogP contribution in [0.1, 0.15) is 6.92 Å². The van der Waals surface area contributed by atoms with Gasteiger partial charge in [0.15, 0.2) is 5.17 Å². The van der Waals surface area contributed by atoms with Gasteiger partial charge in [-0.1, -0.05) is 11.8 Å². The molecule has 0 fully saturated rings. The maximum atomic E-state index is 6.84. The van der Waals surface area contributed by atoms with Crippen molar-refractivity contribution in [2.24, 2.45) is 10.7 Å². The molecule has 0 radical (unpaired) electrons. The first-order chi connectivity index (χ1) is 4.70. The van der Waals surface area contributed by atoms with Crippen LogP contribution in [0.4, 0.5) is 0 Å². The number of rotatable bonds is 1. The molecule has 0 aromatic rings. The van der Waals surface area contributed by atoms with Gasteiger partial charge in [-0.15, -0.1) is 24.0 Å². The van der Waals surface area contributed by atoms with Gasteiger partial charge in [-0.25, -0.2) is 0 Å². The van der Waals surface area contributed by atoms with Gasteiger partial charge in [-0.05, 0) is 13.2 Å². The minimum Gasteiger partial charge on any atom is -0.368 e. The molecular weight excluding hydrogens is 275 g/mol. The van der Waals surface area contributed by atoms with Crippen LogP contribution >= 0.6 is 35.7 Å². The van der Waals surface area contributed by atoms with E-state index in [2.05, 4.69) is 10.3 Å². The average Bonchev–Trinajstić information content (AvgIpc) is 1.86. The predicted octanol–water partition coefficient (Wildman–Crippen LogP) is 0.826. The number of halogens is 1. The monoisotopic (exact) mass is 288 g/mol. The van der Waals surface area contributed by atoms with Crippen LogP contribution in [0.25, 0.3) is 0 Å². The SMILES string of the molecule is CCNC(=NC(=N)N)SC.I.